The van der Waals surface area contributed by atoms with Crippen molar-refractivity contribution < 1.29 is 24.2 Å². The van der Waals surface area contributed by atoms with E-state index in [9.17, 15) is 14.7 Å². The second kappa shape index (κ2) is 9.85. The summed E-state index contributed by atoms with van der Waals surface area (Å²) in [6.45, 7) is 6.36. The van der Waals surface area contributed by atoms with Crippen LogP contribution in [0.5, 0.6) is 5.75 Å². The zero-order chi connectivity index (χ0) is 22.7. The fourth-order valence-corrected chi connectivity index (χ4v) is 5.17. The van der Waals surface area contributed by atoms with Gasteiger partial charge in [-0.25, -0.2) is 0 Å². The summed E-state index contributed by atoms with van der Waals surface area (Å²) >= 11 is 1.48. The molecule has 0 bridgehead atoms. The first-order valence-corrected chi connectivity index (χ1v) is 11.7. The first kappa shape index (κ1) is 22.5. The summed E-state index contributed by atoms with van der Waals surface area (Å²) in [5, 5.41) is 13.1. The summed E-state index contributed by atoms with van der Waals surface area (Å²) in [5.41, 5.74) is 1.48. The Labute approximate surface area is 191 Å². The molecular formula is C24H28N2O5S. The van der Waals surface area contributed by atoms with Gasteiger partial charge in [-0.3, -0.25) is 14.5 Å². The number of ketones is 1. The van der Waals surface area contributed by atoms with E-state index in [1.165, 1.54) is 11.3 Å². The Hall–Kier alpha value is -2.68. The number of carbonyl (C=O) groups excluding carboxylic acids is 2. The monoisotopic (exact) mass is 456 g/mol. The van der Waals surface area contributed by atoms with Gasteiger partial charge in [-0.2, -0.15) is 0 Å². The second-order valence-corrected chi connectivity index (χ2v) is 8.98. The van der Waals surface area contributed by atoms with Crippen molar-refractivity contribution in [1.82, 2.24) is 9.80 Å². The summed E-state index contributed by atoms with van der Waals surface area (Å²) in [6.07, 6.45) is 0.747. The predicted octanol–water partition coefficient (Wildman–Crippen LogP) is 3.21. The SMILES string of the molecule is COc1ccc(C(O)=C2C(=O)C(=O)N(CCCN3CCOCC3)[C@@H]2c2cccs2)cc1C. The molecule has 0 aliphatic carbocycles. The van der Waals surface area contributed by atoms with Crippen LogP contribution >= 0.6 is 11.3 Å². The maximum absolute atomic E-state index is 13.1. The predicted molar refractivity (Wildman–Crippen MR) is 123 cm³/mol. The molecule has 1 aromatic heterocycles. The molecule has 8 heteroatoms. The van der Waals surface area contributed by atoms with E-state index >= 15 is 0 Å². The fraction of sp³-hybridized carbons (Fsp3) is 0.417. The van der Waals surface area contributed by atoms with Crippen LogP contribution in [0, 0.1) is 6.92 Å². The molecule has 3 heterocycles. The van der Waals surface area contributed by atoms with Gasteiger partial charge in [0, 0.05) is 36.6 Å². The van der Waals surface area contributed by atoms with Crippen LogP contribution in [0.25, 0.3) is 5.76 Å². The van der Waals surface area contributed by atoms with Gasteiger partial charge in [-0.1, -0.05) is 6.07 Å². The van der Waals surface area contributed by atoms with E-state index < -0.39 is 17.7 Å². The number of amides is 1. The minimum absolute atomic E-state index is 0.147. The van der Waals surface area contributed by atoms with Gasteiger partial charge in [0.2, 0.25) is 0 Å². The molecule has 1 amide bonds. The van der Waals surface area contributed by atoms with E-state index in [1.807, 2.05) is 24.4 Å². The quantitative estimate of drug-likeness (QED) is 0.392. The Bertz CT molecular complexity index is 1010. The Morgan fingerprint density at radius 1 is 1.22 bits per heavy atom. The van der Waals surface area contributed by atoms with Gasteiger partial charge in [-0.05, 0) is 48.6 Å². The van der Waals surface area contributed by atoms with E-state index in [0.29, 0.717) is 17.9 Å². The molecule has 170 valence electrons. The standard InChI is InChI=1S/C24H28N2O5S/c1-16-15-17(6-7-18(16)30-2)22(27)20-21(19-5-3-14-32-19)26(24(29)23(20)28)9-4-8-25-10-12-31-13-11-25/h3,5-7,14-15,21,27H,4,8-13H2,1-2H3/t21-/m1/s1. The highest BCUT2D eigenvalue weighted by Gasteiger charge is 2.46. The number of nitrogens with zero attached hydrogens (tertiary/aromatic N) is 2. The van der Waals surface area contributed by atoms with Crippen LogP contribution in [0.3, 0.4) is 0 Å². The smallest absolute Gasteiger partial charge is 0.295 e. The van der Waals surface area contributed by atoms with Crippen LogP contribution in [0.1, 0.15) is 28.5 Å². The molecular weight excluding hydrogens is 428 g/mol. The van der Waals surface area contributed by atoms with E-state index in [0.717, 1.165) is 49.7 Å². The average molecular weight is 457 g/mol. The molecule has 0 spiro atoms. The van der Waals surface area contributed by atoms with E-state index in [1.54, 1.807) is 30.2 Å². The maximum atomic E-state index is 13.1. The maximum Gasteiger partial charge on any atom is 0.295 e. The third-order valence-electron chi connectivity index (χ3n) is 6.00. The van der Waals surface area contributed by atoms with E-state index in [-0.39, 0.29) is 11.3 Å². The second-order valence-electron chi connectivity index (χ2n) is 8.00. The number of ether oxygens (including phenoxy) is 2. The van der Waals surface area contributed by atoms with Gasteiger partial charge in [0.25, 0.3) is 11.7 Å². The summed E-state index contributed by atoms with van der Waals surface area (Å²) < 4.78 is 10.7. The molecule has 0 unspecified atom stereocenters. The molecule has 1 atom stereocenters. The molecule has 1 N–H and O–H groups in total. The van der Waals surface area contributed by atoms with Crippen molar-refractivity contribution in [1.29, 1.82) is 0 Å². The Morgan fingerprint density at radius 2 is 2.00 bits per heavy atom. The lowest BCUT2D eigenvalue weighted by atomic mass is 9.98. The summed E-state index contributed by atoms with van der Waals surface area (Å²) in [6, 6.07) is 8.45. The zero-order valence-electron chi connectivity index (χ0n) is 18.4. The van der Waals surface area contributed by atoms with E-state index in [4.69, 9.17) is 9.47 Å². The largest absolute Gasteiger partial charge is 0.507 e. The van der Waals surface area contributed by atoms with Crippen molar-refractivity contribution in [2.24, 2.45) is 0 Å². The summed E-state index contributed by atoms with van der Waals surface area (Å²) in [7, 11) is 1.58. The van der Waals surface area contributed by atoms with Crippen molar-refractivity contribution in [3.63, 3.8) is 0 Å². The number of hydrogen-bond donors (Lipinski definition) is 1. The van der Waals surface area contributed by atoms with Crippen molar-refractivity contribution in [2.75, 3.05) is 46.5 Å². The molecule has 1 aromatic carbocycles. The summed E-state index contributed by atoms with van der Waals surface area (Å²) in [4.78, 5) is 30.8. The number of thiophene rings is 1. The number of aryl methyl sites for hydroxylation is 1. The molecule has 4 rings (SSSR count). The normalized spacial score (nSPS) is 21.3. The topological polar surface area (TPSA) is 79.3 Å². The number of aliphatic hydroxyl groups is 1. The lowest BCUT2D eigenvalue weighted by Crippen LogP contribution is -2.38. The lowest BCUT2D eigenvalue weighted by molar-refractivity contribution is -0.140. The fourth-order valence-electron chi connectivity index (χ4n) is 4.32. The number of likely N-dealkylation sites (tertiary alicyclic amines) is 1. The van der Waals surface area contributed by atoms with Gasteiger partial charge >= 0.3 is 0 Å². The molecule has 2 saturated heterocycles. The van der Waals surface area contributed by atoms with Gasteiger partial charge in [0.15, 0.2) is 0 Å². The van der Waals surface area contributed by atoms with E-state index in [2.05, 4.69) is 4.90 Å². The minimum atomic E-state index is -0.638. The van der Waals surface area contributed by atoms with Crippen LogP contribution in [0.2, 0.25) is 0 Å². The molecule has 2 aromatic rings. The number of Topliss-reactive ketones (excluding diaryl/α,β-unsaturated/α-hetero) is 1. The van der Waals surface area contributed by atoms with Gasteiger partial charge in [0.1, 0.15) is 11.5 Å². The highest BCUT2D eigenvalue weighted by Crippen LogP contribution is 2.41. The number of benzene rings is 1. The number of morpholine rings is 1. The van der Waals surface area contributed by atoms with Gasteiger partial charge < -0.3 is 19.5 Å². The van der Waals surface area contributed by atoms with Crippen LogP contribution in [0.15, 0.2) is 41.3 Å². The minimum Gasteiger partial charge on any atom is -0.507 e. The molecule has 2 fully saturated rings. The number of aliphatic hydroxyl groups excluding tert-OH is 1. The molecule has 2 aliphatic heterocycles. The average Bonchev–Trinajstić information content (AvgIpc) is 3.42. The highest BCUT2D eigenvalue weighted by molar-refractivity contribution is 7.10. The molecule has 2 aliphatic rings. The third kappa shape index (κ3) is 4.44. The van der Waals surface area contributed by atoms with Crippen molar-refractivity contribution in [3.8, 4) is 5.75 Å². The first-order chi connectivity index (χ1) is 15.5. The third-order valence-corrected chi connectivity index (χ3v) is 6.92. The van der Waals surface area contributed by atoms with Gasteiger partial charge in [0.05, 0.1) is 31.9 Å². The van der Waals surface area contributed by atoms with Crippen LogP contribution < -0.4 is 4.74 Å². The molecule has 0 radical (unpaired) electrons. The number of rotatable bonds is 7. The molecule has 7 nitrogen and oxygen atoms in total. The van der Waals surface area contributed by atoms with Crippen LogP contribution in [-0.2, 0) is 14.3 Å². The van der Waals surface area contributed by atoms with Crippen LogP contribution in [-0.4, -0.2) is 73.1 Å². The van der Waals surface area contributed by atoms with Gasteiger partial charge in [-0.15, -0.1) is 11.3 Å². The lowest BCUT2D eigenvalue weighted by Gasteiger charge is -2.28. The Morgan fingerprint density at radius 3 is 2.66 bits per heavy atom. The van der Waals surface area contributed by atoms with Crippen LogP contribution in [0.4, 0.5) is 0 Å². The highest BCUT2D eigenvalue weighted by atomic mass is 32.1. The molecule has 32 heavy (non-hydrogen) atoms. The number of carbonyl (C=O) groups is 2. The summed E-state index contributed by atoms with van der Waals surface area (Å²) in [5.74, 6) is -0.652. The first-order valence-electron chi connectivity index (χ1n) is 10.8. The number of hydrogen-bond acceptors (Lipinski definition) is 7. The van der Waals surface area contributed by atoms with Crippen molar-refractivity contribution in [2.45, 2.75) is 19.4 Å². The molecule has 0 saturated carbocycles. The van der Waals surface area contributed by atoms with Crippen molar-refractivity contribution in [3.05, 3.63) is 57.3 Å². The van der Waals surface area contributed by atoms with Crippen molar-refractivity contribution >= 4 is 28.8 Å². The Kier molecular flexibility index (Phi) is 6.93. The zero-order valence-corrected chi connectivity index (χ0v) is 19.2. The number of methoxy groups -OCH3 is 1. The Balaban J connectivity index is 1.63.